The zero-order valence-corrected chi connectivity index (χ0v) is 37.2. The SMILES string of the molecule is [2H]C([2H])([2H])c1c[c-]c(-c2nc3ccccc3n2-c2c(C(C)C)cccc2C(C)C)cc1-c1ccccc1.[2H]C([2H])([2H])c1ccc2c(n1)oc1c(-c3cc(C([2H])([2H])C(C)(C)C)ccn3)[c-]ccc12.[Ir]. The second kappa shape index (κ2) is 17.5. The van der Waals surface area contributed by atoms with E-state index in [1.807, 2.05) is 81.4 Å². The standard InChI is InChI=1S/C32H31N2.C22H21N2O.Ir/c1-21(2)26-14-11-15-27(22(3)4)31(26)34-30-17-10-9-16-29(30)33-32(34)25-19-18-23(5)28(20-25)24-12-7-6-8-13-24;1-14-8-9-17-16-6-5-7-18(20(16)25-21(17)24-14)19-12-15(10-11-23-19)13-22(2,3)4;/h6-18,20-22H,1-5H3;5-6,8-12H,13H2,1-4H3;/q2*-1;/i5D3;1D3,13D2;. The first-order valence-corrected chi connectivity index (χ1v) is 20.0. The molecule has 0 aliphatic heterocycles. The van der Waals surface area contributed by atoms with Crippen LogP contribution in [0.4, 0.5) is 0 Å². The zero-order valence-electron chi connectivity index (χ0n) is 42.8. The number of imidazole rings is 1. The Morgan fingerprint density at radius 1 is 0.783 bits per heavy atom. The summed E-state index contributed by atoms with van der Waals surface area (Å²) in [6.07, 6.45) is 0.0111. The summed E-state index contributed by atoms with van der Waals surface area (Å²) >= 11 is 0. The van der Waals surface area contributed by atoms with Crippen LogP contribution in [0, 0.1) is 31.3 Å². The molecule has 0 saturated carbocycles. The van der Waals surface area contributed by atoms with Crippen molar-refractivity contribution in [3.05, 3.63) is 168 Å². The monoisotopic (exact) mass is 973 g/mol. The van der Waals surface area contributed by atoms with Gasteiger partial charge in [0, 0.05) is 54.0 Å². The number of hydrogen-bond donors (Lipinski definition) is 0. The molecule has 5 nitrogen and oxygen atoms in total. The molecule has 0 aliphatic rings. The van der Waals surface area contributed by atoms with Crippen LogP contribution in [0.2, 0.25) is 0 Å². The second-order valence-corrected chi connectivity index (χ2v) is 16.4. The maximum Gasteiger partial charge on any atom is 0.216 e. The van der Waals surface area contributed by atoms with Crippen LogP contribution < -0.4 is 0 Å². The fraction of sp³-hybridized carbons (Fsp3) is 0.241. The Morgan fingerprint density at radius 3 is 2.25 bits per heavy atom. The first-order chi connectivity index (χ1) is 31.6. The van der Waals surface area contributed by atoms with E-state index in [4.69, 9.17) is 20.4 Å². The number of fused-ring (bicyclic) bond motifs is 4. The van der Waals surface area contributed by atoms with Gasteiger partial charge in [-0.2, -0.15) is 0 Å². The molecule has 0 bridgehead atoms. The van der Waals surface area contributed by atoms with Gasteiger partial charge in [-0.3, -0.25) is 4.98 Å². The van der Waals surface area contributed by atoms with Crippen LogP contribution in [-0.4, -0.2) is 19.5 Å². The number of pyridine rings is 2. The van der Waals surface area contributed by atoms with Crippen LogP contribution in [0.3, 0.4) is 0 Å². The summed E-state index contributed by atoms with van der Waals surface area (Å²) in [6, 6.07) is 44.5. The van der Waals surface area contributed by atoms with E-state index in [-0.39, 0.29) is 37.1 Å². The molecule has 0 unspecified atom stereocenters. The minimum absolute atomic E-state index is 0. The van der Waals surface area contributed by atoms with E-state index in [1.54, 1.807) is 36.5 Å². The average molecular weight is 973 g/mol. The summed E-state index contributed by atoms with van der Waals surface area (Å²) in [5, 5.41) is 1.48. The van der Waals surface area contributed by atoms with Gasteiger partial charge in [0.15, 0.2) is 0 Å². The van der Waals surface area contributed by atoms with Gasteiger partial charge in [-0.05, 0) is 83.2 Å². The van der Waals surface area contributed by atoms with E-state index in [9.17, 15) is 0 Å². The number of aromatic nitrogens is 4. The van der Waals surface area contributed by atoms with Crippen molar-refractivity contribution in [2.45, 2.75) is 80.4 Å². The molecule has 0 saturated heterocycles. The molecule has 60 heavy (non-hydrogen) atoms. The number of nitrogens with zero attached hydrogens (tertiary/aromatic N) is 4. The van der Waals surface area contributed by atoms with Crippen LogP contribution in [-0.2, 0) is 26.5 Å². The molecule has 0 aliphatic carbocycles. The summed E-state index contributed by atoms with van der Waals surface area (Å²) < 4.78 is 72.4. The smallest absolute Gasteiger partial charge is 0.216 e. The molecule has 1 radical (unpaired) electrons. The first kappa shape index (κ1) is 33.1. The molecule has 4 heterocycles. The molecule has 0 atom stereocenters. The van der Waals surface area contributed by atoms with E-state index in [0.29, 0.717) is 45.2 Å². The molecule has 0 N–H and O–H groups in total. The van der Waals surface area contributed by atoms with Crippen molar-refractivity contribution in [1.82, 2.24) is 19.5 Å². The van der Waals surface area contributed by atoms with Gasteiger partial charge in [0.1, 0.15) is 0 Å². The zero-order chi connectivity index (χ0) is 48.2. The van der Waals surface area contributed by atoms with Gasteiger partial charge in [0.2, 0.25) is 5.71 Å². The van der Waals surface area contributed by atoms with E-state index in [2.05, 4.69) is 78.6 Å². The largest absolute Gasteiger partial charge is 0.486 e. The van der Waals surface area contributed by atoms with Gasteiger partial charge in [0.25, 0.3) is 0 Å². The van der Waals surface area contributed by atoms with Gasteiger partial charge >= 0.3 is 0 Å². The van der Waals surface area contributed by atoms with Gasteiger partial charge in [-0.15, -0.1) is 47.5 Å². The maximum absolute atomic E-state index is 8.55. The van der Waals surface area contributed by atoms with Crippen LogP contribution in [0.1, 0.15) is 99.2 Å². The number of hydrogen-bond acceptors (Lipinski definition) is 4. The molecular weight excluding hydrogens is 913 g/mol. The number of benzene rings is 5. The van der Waals surface area contributed by atoms with Crippen LogP contribution >= 0.6 is 0 Å². The summed E-state index contributed by atoms with van der Waals surface area (Å²) in [7, 11) is 0. The molecule has 305 valence electrons. The van der Waals surface area contributed by atoms with Gasteiger partial charge in [-0.25, -0.2) is 4.98 Å². The van der Waals surface area contributed by atoms with E-state index in [0.717, 1.165) is 39.1 Å². The molecule has 5 aromatic carbocycles. The number of furan rings is 1. The fourth-order valence-electron chi connectivity index (χ4n) is 7.57. The average Bonchev–Trinajstić information content (AvgIpc) is 3.87. The predicted octanol–water partition coefficient (Wildman–Crippen LogP) is 14.5. The number of rotatable bonds is 7. The van der Waals surface area contributed by atoms with E-state index >= 15 is 0 Å². The molecular formula is C54H52IrN4O-2. The molecule has 9 rings (SSSR count). The topological polar surface area (TPSA) is 56.7 Å². The summed E-state index contributed by atoms with van der Waals surface area (Å²) in [4.78, 5) is 13.7. The van der Waals surface area contributed by atoms with Crippen molar-refractivity contribution in [2.75, 3.05) is 0 Å². The maximum atomic E-state index is 8.55. The third kappa shape index (κ3) is 8.64. The molecule has 9 aromatic rings. The Morgan fingerprint density at radius 2 is 1.53 bits per heavy atom. The fourth-order valence-corrected chi connectivity index (χ4v) is 7.57. The number of aryl methyl sites for hydroxylation is 2. The second-order valence-electron chi connectivity index (χ2n) is 16.4. The first-order valence-electron chi connectivity index (χ1n) is 24.0. The van der Waals surface area contributed by atoms with Crippen LogP contribution in [0.25, 0.3) is 72.6 Å². The Labute approximate surface area is 379 Å². The Hall–Kier alpha value is -5.68. The van der Waals surface area contributed by atoms with Gasteiger partial charge in [-0.1, -0.05) is 144 Å². The quantitative estimate of drug-likeness (QED) is 0.149. The summed E-state index contributed by atoms with van der Waals surface area (Å²) in [5.74, 6) is 1.37. The molecule has 4 aromatic heterocycles. The normalized spacial score (nSPS) is 14.3. The Balaban J connectivity index is 0.000000203. The minimum atomic E-state index is -2.32. The van der Waals surface area contributed by atoms with Gasteiger partial charge < -0.3 is 14.0 Å². The van der Waals surface area contributed by atoms with Crippen molar-refractivity contribution in [1.29, 1.82) is 0 Å². The molecule has 0 spiro atoms. The van der Waals surface area contributed by atoms with E-state index in [1.165, 1.54) is 17.2 Å². The van der Waals surface area contributed by atoms with Crippen molar-refractivity contribution in [2.24, 2.45) is 5.41 Å². The molecule has 0 fully saturated rings. The van der Waals surface area contributed by atoms with Crippen molar-refractivity contribution >= 4 is 33.1 Å². The Bertz CT molecular complexity index is 3230. The van der Waals surface area contributed by atoms with Crippen LogP contribution in [0.15, 0.2) is 132 Å². The Kier molecular flexibility index (Phi) is 9.65. The third-order valence-corrected chi connectivity index (χ3v) is 10.2. The van der Waals surface area contributed by atoms with E-state index < -0.39 is 25.5 Å². The molecule has 0 amide bonds. The van der Waals surface area contributed by atoms with Crippen molar-refractivity contribution in [3.8, 4) is 39.5 Å². The van der Waals surface area contributed by atoms with Crippen molar-refractivity contribution in [3.63, 3.8) is 0 Å². The predicted molar refractivity (Wildman–Crippen MR) is 245 cm³/mol. The number of para-hydroxylation sites is 3. The summed E-state index contributed by atoms with van der Waals surface area (Å²) in [6.45, 7) is 9.85. The van der Waals surface area contributed by atoms with Crippen molar-refractivity contribution < 1.29 is 35.5 Å². The van der Waals surface area contributed by atoms with Crippen LogP contribution in [0.5, 0.6) is 0 Å². The third-order valence-electron chi connectivity index (χ3n) is 10.2. The van der Waals surface area contributed by atoms with Gasteiger partial charge in [0.05, 0.1) is 22.4 Å². The minimum Gasteiger partial charge on any atom is -0.486 e. The molecule has 6 heteroatoms. The summed E-state index contributed by atoms with van der Waals surface area (Å²) in [5.41, 5.74) is 9.85.